The third kappa shape index (κ3) is 2.86. The summed E-state index contributed by atoms with van der Waals surface area (Å²) in [4.78, 5) is 3.86. The second kappa shape index (κ2) is 3.09. The summed E-state index contributed by atoms with van der Waals surface area (Å²) in [5.41, 5.74) is -0.333. The van der Waals surface area contributed by atoms with Crippen molar-refractivity contribution in [2.75, 3.05) is 0 Å². The molecule has 1 heterocycles. The van der Waals surface area contributed by atoms with Crippen LogP contribution in [0, 0.1) is 5.82 Å². The Kier molecular flexibility index (Phi) is 2.31. The molecule has 0 spiro atoms. The summed E-state index contributed by atoms with van der Waals surface area (Å²) in [5.74, 6) is -0.00764. The summed E-state index contributed by atoms with van der Waals surface area (Å²) in [6.07, 6.45) is 1.39. The van der Waals surface area contributed by atoms with Gasteiger partial charge in [-0.3, -0.25) is 0 Å². The number of nitrogens with zero attached hydrogens (tertiary/aromatic N) is 1. The van der Waals surface area contributed by atoms with E-state index in [2.05, 4.69) is 4.98 Å². The van der Waals surface area contributed by atoms with Crippen LogP contribution in [0.3, 0.4) is 0 Å². The van der Waals surface area contributed by atoms with E-state index in [4.69, 9.17) is 4.74 Å². The van der Waals surface area contributed by atoms with Gasteiger partial charge in [0.2, 0.25) is 5.88 Å². The van der Waals surface area contributed by atoms with Gasteiger partial charge >= 0.3 is 0 Å². The summed E-state index contributed by atoms with van der Waals surface area (Å²) < 4.78 is 18.0. The lowest BCUT2D eigenvalue weighted by molar-refractivity contribution is 0.123. The topological polar surface area (TPSA) is 22.1 Å². The lowest BCUT2D eigenvalue weighted by Crippen LogP contribution is -2.23. The first-order valence-corrected chi connectivity index (χ1v) is 3.78. The van der Waals surface area contributed by atoms with Crippen LogP contribution in [-0.4, -0.2) is 10.6 Å². The Hall–Kier alpha value is -1.12. The molecule has 0 saturated heterocycles. The molecule has 0 atom stereocenters. The molecule has 0 fully saturated rings. The van der Waals surface area contributed by atoms with Gasteiger partial charge in [-0.2, -0.15) is 0 Å². The predicted molar refractivity (Wildman–Crippen MR) is 44.6 cm³/mol. The highest BCUT2D eigenvalue weighted by molar-refractivity contribution is 5.12. The number of halogens is 1. The summed E-state index contributed by atoms with van der Waals surface area (Å²) in [7, 11) is 0. The van der Waals surface area contributed by atoms with Gasteiger partial charge in [-0.25, -0.2) is 9.37 Å². The van der Waals surface area contributed by atoms with E-state index in [9.17, 15) is 4.39 Å². The molecular weight excluding hydrogens is 157 g/mol. The van der Waals surface area contributed by atoms with Crippen LogP contribution >= 0.6 is 0 Å². The number of rotatable bonds is 1. The standard InChI is InChI=1S/C9H12FNO/c1-9(2,3)12-8-6-7(10)4-5-11-8/h4-6H,1-3H3. The molecule has 2 nitrogen and oxygen atoms in total. The Morgan fingerprint density at radius 3 is 2.58 bits per heavy atom. The van der Waals surface area contributed by atoms with Gasteiger partial charge in [-0.1, -0.05) is 0 Å². The minimum absolute atomic E-state index is 0.322. The molecule has 0 unspecified atom stereocenters. The second-order valence-electron chi connectivity index (χ2n) is 3.53. The van der Waals surface area contributed by atoms with Crippen molar-refractivity contribution in [3.05, 3.63) is 24.1 Å². The molecular formula is C9H12FNO. The van der Waals surface area contributed by atoms with E-state index < -0.39 is 0 Å². The molecule has 12 heavy (non-hydrogen) atoms. The third-order valence-electron chi connectivity index (χ3n) is 1.11. The summed E-state index contributed by atoms with van der Waals surface area (Å²) >= 11 is 0. The first-order chi connectivity index (χ1) is 5.47. The number of pyridine rings is 1. The molecule has 3 heteroatoms. The third-order valence-corrected chi connectivity index (χ3v) is 1.11. The quantitative estimate of drug-likeness (QED) is 0.644. The van der Waals surface area contributed by atoms with Crippen LogP contribution < -0.4 is 4.74 Å². The fourth-order valence-electron chi connectivity index (χ4n) is 0.755. The van der Waals surface area contributed by atoms with Gasteiger partial charge in [0.15, 0.2) is 0 Å². The molecule has 0 aliphatic heterocycles. The average Bonchev–Trinajstić information content (AvgIpc) is 1.82. The van der Waals surface area contributed by atoms with Gasteiger partial charge in [0.25, 0.3) is 0 Å². The highest BCUT2D eigenvalue weighted by atomic mass is 19.1. The van der Waals surface area contributed by atoms with Crippen LogP contribution in [0.1, 0.15) is 20.8 Å². The maximum atomic E-state index is 12.6. The maximum absolute atomic E-state index is 12.6. The van der Waals surface area contributed by atoms with Crippen molar-refractivity contribution in [2.45, 2.75) is 26.4 Å². The van der Waals surface area contributed by atoms with Gasteiger partial charge in [0.1, 0.15) is 11.4 Å². The number of aromatic nitrogens is 1. The monoisotopic (exact) mass is 169 g/mol. The molecule has 0 N–H and O–H groups in total. The Bertz CT molecular complexity index is 267. The van der Waals surface area contributed by atoms with E-state index in [1.54, 1.807) is 0 Å². The van der Waals surface area contributed by atoms with Crippen LogP contribution in [-0.2, 0) is 0 Å². The Morgan fingerprint density at radius 2 is 2.08 bits per heavy atom. The van der Waals surface area contributed by atoms with Gasteiger partial charge < -0.3 is 4.74 Å². The lowest BCUT2D eigenvalue weighted by Gasteiger charge is -2.19. The van der Waals surface area contributed by atoms with Crippen molar-refractivity contribution in [1.29, 1.82) is 0 Å². The van der Waals surface area contributed by atoms with Crippen LogP contribution in [0.15, 0.2) is 18.3 Å². The van der Waals surface area contributed by atoms with Crippen LogP contribution in [0.25, 0.3) is 0 Å². The van der Waals surface area contributed by atoms with Crippen molar-refractivity contribution in [1.82, 2.24) is 4.98 Å². The number of hydrogen-bond donors (Lipinski definition) is 0. The molecule has 66 valence electrons. The molecule has 0 aliphatic carbocycles. The number of ether oxygens (including phenoxy) is 1. The fourth-order valence-corrected chi connectivity index (χ4v) is 0.755. The normalized spacial score (nSPS) is 11.3. The van der Waals surface area contributed by atoms with E-state index >= 15 is 0 Å². The summed E-state index contributed by atoms with van der Waals surface area (Å²) in [6, 6.07) is 2.56. The average molecular weight is 169 g/mol. The van der Waals surface area contributed by atoms with E-state index in [1.165, 1.54) is 18.3 Å². The van der Waals surface area contributed by atoms with E-state index in [0.29, 0.717) is 5.88 Å². The van der Waals surface area contributed by atoms with Crippen LogP contribution in [0.2, 0.25) is 0 Å². The van der Waals surface area contributed by atoms with Gasteiger partial charge in [0.05, 0.1) is 0 Å². The highest BCUT2D eigenvalue weighted by Gasteiger charge is 2.12. The van der Waals surface area contributed by atoms with Crippen molar-refractivity contribution < 1.29 is 9.13 Å². The zero-order valence-corrected chi connectivity index (χ0v) is 7.47. The predicted octanol–water partition coefficient (Wildman–Crippen LogP) is 2.40. The summed E-state index contributed by atoms with van der Waals surface area (Å²) in [6.45, 7) is 5.67. The van der Waals surface area contributed by atoms with E-state index in [-0.39, 0.29) is 11.4 Å². The molecule has 1 aromatic heterocycles. The number of hydrogen-bond acceptors (Lipinski definition) is 2. The first kappa shape index (κ1) is 8.97. The maximum Gasteiger partial charge on any atom is 0.216 e. The van der Waals surface area contributed by atoms with Crippen molar-refractivity contribution in [2.24, 2.45) is 0 Å². The van der Waals surface area contributed by atoms with Crippen LogP contribution in [0.5, 0.6) is 5.88 Å². The summed E-state index contributed by atoms with van der Waals surface area (Å²) in [5, 5.41) is 0. The molecule has 0 aromatic carbocycles. The Labute approximate surface area is 71.4 Å². The zero-order valence-electron chi connectivity index (χ0n) is 7.47. The highest BCUT2D eigenvalue weighted by Crippen LogP contribution is 2.15. The van der Waals surface area contributed by atoms with Gasteiger partial charge in [-0.15, -0.1) is 0 Å². The van der Waals surface area contributed by atoms with Gasteiger partial charge in [0, 0.05) is 12.3 Å². The molecule has 0 saturated carbocycles. The van der Waals surface area contributed by atoms with Crippen molar-refractivity contribution in [3.63, 3.8) is 0 Å². The smallest absolute Gasteiger partial charge is 0.216 e. The van der Waals surface area contributed by atoms with E-state index in [1.807, 2.05) is 20.8 Å². The second-order valence-corrected chi connectivity index (χ2v) is 3.53. The molecule has 1 rings (SSSR count). The molecule has 0 aliphatic rings. The first-order valence-electron chi connectivity index (χ1n) is 3.78. The minimum Gasteiger partial charge on any atom is -0.472 e. The molecule has 0 amide bonds. The Morgan fingerprint density at radius 1 is 1.42 bits per heavy atom. The molecule has 0 radical (unpaired) electrons. The largest absolute Gasteiger partial charge is 0.472 e. The lowest BCUT2D eigenvalue weighted by atomic mass is 10.2. The van der Waals surface area contributed by atoms with Crippen molar-refractivity contribution >= 4 is 0 Å². The minimum atomic E-state index is -0.333. The van der Waals surface area contributed by atoms with Crippen molar-refractivity contribution in [3.8, 4) is 5.88 Å². The van der Waals surface area contributed by atoms with E-state index in [0.717, 1.165) is 0 Å². The van der Waals surface area contributed by atoms with Gasteiger partial charge in [-0.05, 0) is 26.8 Å². The molecule has 0 bridgehead atoms. The van der Waals surface area contributed by atoms with Crippen LogP contribution in [0.4, 0.5) is 4.39 Å². The Balaban J connectivity index is 2.77. The SMILES string of the molecule is CC(C)(C)Oc1cc(F)ccn1. The fraction of sp³-hybridized carbons (Fsp3) is 0.444. The zero-order chi connectivity index (χ0) is 9.19. The molecule has 1 aromatic rings.